The van der Waals surface area contributed by atoms with Gasteiger partial charge in [-0.1, -0.05) is 0 Å². The first-order valence-electron chi connectivity index (χ1n) is 2.58. The van der Waals surface area contributed by atoms with Crippen molar-refractivity contribution >= 4 is 6.29 Å². The standard InChI is InChI=1S/C6H11NO2/c1-7(2)4-6(5-8)9-3/h4-5H,1-3H3/b6-4+. The monoisotopic (exact) mass is 129 g/mol. The summed E-state index contributed by atoms with van der Waals surface area (Å²) in [6.07, 6.45) is 2.27. The Morgan fingerprint density at radius 2 is 2.11 bits per heavy atom. The second-order valence-corrected chi connectivity index (χ2v) is 1.82. The van der Waals surface area contributed by atoms with Crippen LogP contribution in [0.15, 0.2) is 12.0 Å². The Bertz CT molecular complexity index is 118. The maximum absolute atomic E-state index is 10.1. The van der Waals surface area contributed by atoms with Gasteiger partial charge >= 0.3 is 0 Å². The van der Waals surface area contributed by atoms with Gasteiger partial charge < -0.3 is 9.64 Å². The van der Waals surface area contributed by atoms with Gasteiger partial charge in [0.1, 0.15) is 0 Å². The van der Waals surface area contributed by atoms with Crippen LogP contribution in [0.1, 0.15) is 0 Å². The van der Waals surface area contributed by atoms with Gasteiger partial charge in [0.05, 0.1) is 7.11 Å². The molecule has 0 bridgehead atoms. The van der Waals surface area contributed by atoms with Gasteiger partial charge in [-0.15, -0.1) is 0 Å². The topological polar surface area (TPSA) is 29.5 Å². The number of hydrogen-bond donors (Lipinski definition) is 0. The van der Waals surface area contributed by atoms with E-state index in [-0.39, 0.29) is 0 Å². The zero-order valence-corrected chi connectivity index (χ0v) is 5.92. The van der Waals surface area contributed by atoms with Crippen LogP contribution in [0.3, 0.4) is 0 Å². The van der Waals surface area contributed by atoms with Crippen LogP contribution < -0.4 is 0 Å². The van der Waals surface area contributed by atoms with E-state index in [9.17, 15) is 4.79 Å². The van der Waals surface area contributed by atoms with E-state index in [1.165, 1.54) is 7.11 Å². The Labute approximate surface area is 54.9 Å². The fraction of sp³-hybridized carbons (Fsp3) is 0.500. The van der Waals surface area contributed by atoms with Gasteiger partial charge in [0.2, 0.25) is 0 Å². The summed E-state index contributed by atoms with van der Waals surface area (Å²) in [5, 5.41) is 0. The molecule has 0 aromatic carbocycles. The zero-order valence-electron chi connectivity index (χ0n) is 5.92. The van der Waals surface area contributed by atoms with E-state index in [0.717, 1.165) is 0 Å². The van der Waals surface area contributed by atoms with Crippen LogP contribution >= 0.6 is 0 Å². The van der Waals surface area contributed by atoms with Gasteiger partial charge in [-0.2, -0.15) is 0 Å². The molecule has 0 aliphatic heterocycles. The molecule has 0 aliphatic rings. The Kier molecular flexibility index (Phi) is 3.51. The number of methoxy groups -OCH3 is 1. The van der Waals surface area contributed by atoms with E-state index in [2.05, 4.69) is 4.74 Å². The zero-order chi connectivity index (χ0) is 7.28. The molecule has 0 aromatic rings. The number of carbonyl (C=O) groups is 1. The quantitative estimate of drug-likeness (QED) is 0.310. The first-order chi connectivity index (χ1) is 4.20. The number of rotatable bonds is 3. The van der Waals surface area contributed by atoms with Crippen molar-refractivity contribution in [2.24, 2.45) is 0 Å². The molecule has 3 nitrogen and oxygen atoms in total. The third-order valence-corrected chi connectivity index (χ3v) is 0.737. The molecule has 0 aliphatic carbocycles. The molecule has 0 heterocycles. The predicted molar refractivity (Wildman–Crippen MR) is 34.8 cm³/mol. The molecule has 0 fully saturated rings. The van der Waals surface area contributed by atoms with Gasteiger partial charge in [-0.3, -0.25) is 4.79 Å². The van der Waals surface area contributed by atoms with Crippen molar-refractivity contribution in [3.63, 3.8) is 0 Å². The van der Waals surface area contributed by atoms with Gasteiger partial charge in [0, 0.05) is 20.3 Å². The summed E-state index contributed by atoms with van der Waals surface area (Å²) in [5.74, 6) is 0.333. The highest BCUT2D eigenvalue weighted by Crippen LogP contribution is 1.89. The highest BCUT2D eigenvalue weighted by molar-refractivity contribution is 5.69. The summed E-state index contributed by atoms with van der Waals surface area (Å²) in [6, 6.07) is 0. The molecule has 0 saturated heterocycles. The summed E-state index contributed by atoms with van der Waals surface area (Å²) >= 11 is 0. The van der Waals surface area contributed by atoms with Gasteiger partial charge in [0.25, 0.3) is 0 Å². The lowest BCUT2D eigenvalue weighted by atomic mass is 10.6. The van der Waals surface area contributed by atoms with Crippen LogP contribution in [0.2, 0.25) is 0 Å². The van der Waals surface area contributed by atoms with E-state index in [1.807, 2.05) is 14.1 Å². The van der Waals surface area contributed by atoms with Gasteiger partial charge in [0.15, 0.2) is 12.0 Å². The number of ether oxygens (including phenoxy) is 1. The van der Waals surface area contributed by atoms with Gasteiger partial charge in [-0.05, 0) is 0 Å². The van der Waals surface area contributed by atoms with E-state index in [1.54, 1.807) is 11.1 Å². The van der Waals surface area contributed by atoms with Crippen molar-refractivity contribution in [3.05, 3.63) is 12.0 Å². The maximum Gasteiger partial charge on any atom is 0.186 e. The average molecular weight is 129 g/mol. The predicted octanol–water partition coefficient (Wildman–Crippen LogP) is 0.235. The van der Waals surface area contributed by atoms with Crippen LogP contribution in [0, 0.1) is 0 Å². The van der Waals surface area contributed by atoms with E-state index in [0.29, 0.717) is 12.0 Å². The average Bonchev–Trinajstić information content (AvgIpc) is 1.82. The third-order valence-electron chi connectivity index (χ3n) is 0.737. The lowest BCUT2D eigenvalue weighted by molar-refractivity contribution is -0.107. The molecule has 0 N–H and O–H groups in total. The molecule has 0 rings (SSSR count). The minimum Gasteiger partial charge on any atom is -0.492 e. The Hall–Kier alpha value is -0.990. The molecule has 0 amide bonds. The summed E-state index contributed by atoms with van der Waals surface area (Å²) in [7, 11) is 5.11. The fourth-order valence-electron chi connectivity index (χ4n) is 0.386. The largest absolute Gasteiger partial charge is 0.492 e. The lowest BCUT2D eigenvalue weighted by Gasteiger charge is -2.04. The molecular formula is C6H11NO2. The molecule has 0 unspecified atom stereocenters. The van der Waals surface area contributed by atoms with Crippen molar-refractivity contribution < 1.29 is 9.53 Å². The highest BCUT2D eigenvalue weighted by atomic mass is 16.5. The molecular weight excluding hydrogens is 118 g/mol. The van der Waals surface area contributed by atoms with E-state index < -0.39 is 0 Å². The SMILES string of the molecule is CO/C(C=O)=C/N(C)C. The molecule has 9 heavy (non-hydrogen) atoms. The minimum atomic E-state index is 0.333. The second kappa shape index (κ2) is 3.95. The Balaban J connectivity index is 3.90. The van der Waals surface area contributed by atoms with Crippen molar-refractivity contribution in [3.8, 4) is 0 Å². The Morgan fingerprint density at radius 3 is 2.22 bits per heavy atom. The molecule has 3 heteroatoms. The molecule has 0 aromatic heterocycles. The third kappa shape index (κ3) is 3.58. The molecule has 0 saturated carbocycles. The molecule has 0 radical (unpaired) electrons. The normalized spacial score (nSPS) is 10.8. The van der Waals surface area contributed by atoms with Crippen molar-refractivity contribution in [2.45, 2.75) is 0 Å². The first-order valence-corrected chi connectivity index (χ1v) is 2.58. The molecule has 0 atom stereocenters. The van der Waals surface area contributed by atoms with Crippen LogP contribution in [-0.4, -0.2) is 32.4 Å². The number of nitrogens with zero attached hydrogens (tertiary/aromatic N) is 1. The van der Waals surface area contributed by atoms with Gasteiger partial charge in [-0.25, -0.2) is 0 Å². The van der Waals surface area contributed by atoms with E-state index in [4.69, 9.17) is 0 Å². The van der Waals surface area contributed by atoms with Crippen LogP contribution in [0.25, 0.3) is 0 Å². The number of allylic oxidation sites excluding steroid dienone is 1. The maximum atomic E-state index is 10.1. The van der Waals surface area contributed by atoms with E-state index >= 15 is 0 Å². The molecule has 52 valence electrons. The summed E-state index contributed by atoms with van der Waals surface area (Å²) < 4.78 is 4.66. The number of aldehydes is 1. The summed E-state index contributed by atoms with van der Waals surface area (Å²) in [4.78, 5) is 11.8. The van der Waals surface area contributed by atoms with Crippen molar-refractivity contribution in [1.29, 1.82) is 0 Å². The second-order valence-electron chi connectivity index (χ2n) is 1.82. The van der Waals surface area contributed by atoms with Crippen LogP contribution in [0.4, 0.5) is 0 Å². The molecule has 0 spiro atoms. The number of carbonyl (C=O) groups excluding carboxylic acids is 1. The van der Waals surface area contributed by atoms with Crippen molar-refractivity contribution in [1.82, 2.24) is 4.90 Å². The first kappa shape index (κ1) is 8.01. The summed E-state index contributed by atoms with van der Waals surface area (Å²) in [6.45, 7) is 0. The van der Waals surface area contributed by atoms with Crippen molar-refractivity contribution in [2.75, 3.05) is 21.2 Å². The summed E-state index contributed by atoms with van der Waals surface area (Å²) in [5.41, 5.74) is 0. The highest BCUT2D eigenvalue weighted by Gasteiger charge is 1.89. The number of hydrogen-bond acceptors (Lipinski definition) is 3. The lowest BCUT2D eigenvalue weighted by Crippen LogP contribution is -2.04. The minimum absolute atomic E-state index is 0.333. The Morgan fingerprint density at radius 1 is 1.56 bits per heavy atom. The van der Waals surface area contributed by atoms with Crippen LogP contribution in [0.5, 0.6) is 0 Å². The van der Waals surface area contributed by atoms with Crippen LogP contribution in [-0.2, 0) is 9.53 Å². The fourth-order valence-corrected chi connectivity index (χ4v) is 0.386. The smallest absolute Gasteiger partial charge is 0.186 e.